The number of hydrogen-bond donors (Lipinski definition) is 1. The van der Waals surface area contributed by atoms with Crippen molar-refractivity contribution in [2.75, 3.05) is 6.26 Å². The number of hydrogen-bond acceptors (Lipinski definition) is 3. The average molecular weight is 256 g/mol. The monoisotopic (exact) mass is 256 g/mol. The summed E-state index contributed by atoms with van der Waals surface area (Å²) in [4.78, 5) is 11.0. The molecule has 0 bridgehead atoms. The maximum absolute atomic E-state index is 11.4. The Hall–Kier alpha value is -1.36. The fourth-order valence-electron chi connectivity index (χ4n) is 1.52. The third-order valence-electron chi connectivity index (χ3n) is 2.70. The summed E-state index contributed by atoms with van der Waals surface area (Å²) in [6.07, 6.45) is 1.48. The van der Waals surface area contributed by atoms with Crippen molar-refractivity contribution in [2.45, 2.75) is 25.2 Å². The summed E-state index contributed by atoms with van der Waals surface area (Å²) >= 11 is 0. The van der Waals surface area contributed by atoms with E-state index in [9.17, 15) is 13.2 Å². The van der Waals surface area contributed by atoms with E-state index in [2.05, 4.69) is 0 Å². The molecule has 1 atom stereocenters. The maximum Gasteiger partial charge on any atom is 0.306 e. The molecule has 0 amide bonds. The second kappa shape index (κ2) is 4.87. The van der Waals surface area contributed by atoms with E-state index in [0.29, 0.717) is 6.42 Å². The molecule has 0 fully saturated rings. The van der Waals surface area contributed by atoms with Crippen LogP contribution in [0, 0.1) is 12.8 Å². The summed E-state index contributed by atoms with van der Waals surface area (Å²) in [6.45, 7) is 3.45. The van der Waals surface area contributed by atoms with Crippen molar-refractivity contribution >= 4 is 15.8 Å². The summed E-state index contributed by atoms with van der Waals surface area (Å²) in [6, 6.07) is 4.81. The highest BCUT2D eigenvalue weighted by molar-refractivity contribution is 7.90. The first-order valence-corrected chi connectivity index (χ1v) is 7.13. The molecular weight excluding hydrogens is 240 g/mol. The molecule has 1 rings (SSSR count). The Morgan fingerprint density at radius 2 is 2.00 bits per heavy atom. The van der Waals surface area contributed by atoms with Crippen molar-refractivity contribution in [3.05, 3.63) is 29.3 Å². The molecule has 0 spiro atoms. The van der Waals surface area contributed by atoms with Gasteiger partial charge in [0.05, 0.1) is 10.8 Å². The van der Waals surface area contributed by atoms with Gasteiger partial charge in [-0.3, -0.25) is 4.79 Å². The van der Waals surface area contributed by atoms with E-state index in [4.69, 9.17) is 5.11 Å². The van der Waals surface area contributed by atoms with Crippen LogP contribution in [0.15, 0.2) is 23.1 Å². The Bertz CT molecular complexity index is 531. The summed E-state index contributed by atoms with van der Waals surface area (Å²) in [5.41, 5.74) is 1.67. The second-order valence-corrected chi connectivity index (χ2v) is 6.32. The zero-order chi connectivity index (χ0) is 13.2. The van der Waals surface area contributed by atoms with Crippen LogP contribution in [0.3, 0.4) is 0 Å². The van der Waals surface area contributed by atoms with Crippen molar-refractivity contribution < 1.29 is 18.3 Å². The van der Waals surface area contributed by atoms with Gasteiger partial charge in [0.25, 0.3) is 0 Å². The van der Waals surface area contributed by atoms with E-state index >= 15 is 0 Å². The molecule has 1 aromatic carbocycles. The van der Waals surface area contributed by atoms with Gasteiger partial charge < -0.3 is 5.11 Å². The number of benzene rings is 1. The first-order chi connectivity index (χ1) is 7.71. The van der Waals surface area contributed by atoms with Gasteiger partial charge in [0, 0.05) is 6.26 Å². The fourth-order valence-corrected chi connectivity index (χ4v) is 2.19. The van der Waals surface area contributed by atoms with E-state index in [1.807, 2.05) is 6.92 Å². The van der Waals surface area contributed by atoms with Gasteiger partial charge in [-0.15, -0.1) is 0 Å². The first kappa shape index (κ1) is 13.7. The molecule has 94 valence electrons. The molecule has 1 unspecified atom stereocenters. The lowest BCUT2D eigenvalue weighted by Gasteiger charge is -2.10. The summed E-state index contributed by atoms with van der Waals surface area (Å²) < 4.78 is 22.8. The van der Waals surface area contributed by atoms with Crippen molar-refractivity contribution in [1.29, 1.82) is 0 Å². The molecule has 1 aromatic rings. The van der Waals surface area contributed by atoms with Crippen LogP contribution in [0.25, 0.3) is 0 Å². The molecule has 0 radical (unpaired) electrons. The maximum atomic E-state index is 11.4. The third-order valence-corrected chi connectivity index (χ3v) is 3.81. The zero-order valence-corrected chi connectivity index (χ0v) is 10.9. The molecule has 17 heavy (non-hydrogen) atoms. The Morgan fingerprint density at radius 3 is 2.47 bits per heavy atom. The summed E-state index contributed by atoms with van der Waals surface area (Å²) in [7, 11) is -3.25. The normalized spacial score (nSPS) is 13.4. The number of sulfone groups is 1. The van der Waals surface area contributed by atoms with Gasteiger partial charge >= 0.3 is 5.97 Å². The number of rotatable bonds is 4. The van der Waals surface area contributed by atoms with Gasteiger partial charge in [0.2, 0.25) is 0 Å². The lowest BCUT2D eigenvalue weighted by atomic mass is 9.98. The van der Waals surface area contributed by atoms with E-state index in [1.165, 1.54) is 0 Å². The van der Waals surface area contributed by atoms with Crippen molar-refractivity contribution in [2.24, 2.45) is 5.92 Å². The lowest BCUT2D eigenvalue weighted by molar-refractivity contribution is -0.141. The summed E-state index contributed by atoms with van der Waals surface area (Å²) in [5.74, 6) is -1.40. The highest BCUT2D eigenvalue weighted by Gasteiger charge is 2.15. The Kier molecular flexibility index (Phi) is 3.93. The highest BCUT2D eigenvalue weighted by atomic mass is 32.2. The second-order valence-electron chi connectivity index (χ2n) is 4.30. The van der Waals surface area contributed by atoms with E-state index in [0.717, 1.165) is 17.4 Å². The van der Waals surface area contributed by atoms with Crippen molar-refractivity contribution in [3.8, 4) is 0 Å². The van der Waals surface area contributed by atoms with Crippen LogP contribution in [-0.2, 0) is 21.1 Å². The molecule has 0 saturated carbocycles. The fraction of sp³-hybridized carbons (Fsp3) is 0.417. The van der Waals surface area contributed by atoms with Crippen LogP contribution < -0.4 is 0 Å². The smallest absolute Gasteiger partial charge is 0.306 e. The predicted molar refractivity (Wildman–Crippen MR) is 64.8 cm³/mol. The molecule has 0 aliphatic heterocycles. The molecule has 0 aromatic heterocycles. The van der Waals surface area contributed by atoms with E-state index in [-0.39, 0.29) is 4.90 Å². The Balaban J connectivity index is 3.12. The molecule has 1 N–H and O–H groups in total. The quantitative estimate of drug-likeness (QED) is 0.889. The number of aryl methyl sites for hydroxylation is 1. The molecule has 5 heteroatoms. The van der Waals surface area contributed by atoms with Crippen molar-refractivity contribution in [3.63, 3.8) is 0 Å². The average Bonchev–Trinajstić information content (AvgIpc) is 2.19. The van der Waals surface area contributed by atoms with E-state index in [1.54, 1.807) is 25.1 Å². The van der Waals surface area contributed by atoms with Gasteiger partial charge in [-0.05, 0) is 36.6 Å². The standard InChI is InChI=1S/C12H16O4S/c1-8-4-5-11(17(3,15)16)7-10(8)6-9(2)12(13)14/h4-5,7,9H,6H2,1-3H3,(H,13,14). The SMILES string of the molecule is Cc1ccc(S(C)(=O)=O)cc1CC(C)C(=O)O. The van der Waals surface area contributed by atoms with Crippen LogP contribution in [0.2, 0.25) is 0 Å². The number of aliphatic carboxylic acids is 1. The zero-order valence-electron chi connectivity index (χ0n) is 10.1. The predicted octanol–water partition coefficient (Wildman–Crippen LogP) is 1.66. The Morgan fingerprint density at radius 1 is 1.41 bits per heavy atom. The number of carboxylic acid groups (broad SMARTS) is 1. The van der Waals surface area contributed by atoms with Gasteiger partial charge in [0.1, 0.15) is 0 Å². The first-order valence-electron chi connectivity index (χ1n) is 5.24. The topological polar surface area (TPSA) is 71.4 Å². The van der Waals surface area contributed by atoms with Crippen molar-refractivity contribution in [1.82, 2.24) is 0 Å². The van der Waals surface area contributed by atoms with Crippen LogP contribution in [-0.4, -0.2) is 25.7 Å². The Labute approximate surface area is 101 Å². The molecule has 0 aliphatic rings. The molecular formula is C12H16O4S. The third kappa shape index (κ3) is 3.56. The van der Waals surface area contributed by atoms with Gasteiger partial charge in [0.15, 0.2) is 9.84 Å². The van der Waals surface area contributed by atoms with Gasteiger partial charge in [-0.2, -0.15) is 0 Å². The van der Waals surface area contributed by atoms with Gasteiger partial charge in [-0.1, -0.05) is 13.0 Å². The van der Waals surface area contributed by atoms with Crippen LogP contribution >= 0.6 is 0 Å². The van der Waals surface area contributed by atoms with Crippen LogP contribution in [0.5, 0.6) is 0 Å². The van der Waals surface area contributed by atoms with Crippen LogP contribution in [0.1, 0.15) is 18.1 Å². The lowest BCUT2D eigenvalue weighted by Crippen LogP contribution is -2.13. The molecule has 0 saturated heterocycles. The largest absolute Gasteiger partial charge is 0.481 e. The minimum Gasteiger partial charge on any atom is -0.481 e. The van der Waals surface area contributed by atoms with E-state index < -0.39 is 21.7 Å². The minimum absolute atomic E-state index is 0.232. The van der Waals surface area contributed by atoms with Crippen LogP contribution in [0.4, 0.5) is 0 Å². The van der Waals surface area contributed by atoms with Gasteiger partial charge in [-0.25, -0.2) is 8.42 Å². The molecule has 0 heterocycles. The number of carbonyl (C=O) groups is 1. The molecule has 4 nitrogen and oxygen atoms in total. The summed E-state index contributed by atoms with van der Waals surface area (Å²) in [5, 5.41) is 8.85. The minimum atomic E-state index is -3.25. The highest BCUT2D eigenvalue weighted by Crippen LogP contribution is 2.18. The number of carboxylic acids is 1. The molecule has 0 aliphatic carbocycles.